The number of nitrogens with zero attached hydrogens (tertiary/aromatic N) is 1. The second-order valence-corrected chi connectivity index (χ2v) is 7.48. The van der Waals surface area contributed by atoms with Crippen LogP contribution in [-0.4, -0.2) is 40.4 Å². The average Bonchev–Trinajstić information content (AvgIpc) is 2.62. The van der Waals surface area contributed by atoms with E-state index in [9.17, 15) is 0 Å². The number of hydrogen-bond acceptors (Lipinski definition) is 3. The monoisotopic (exact) mass is 425 g/mol. The molecule has 4 nitrogen and oxygen atoms in total. The largest absolute Gasteiger partial charge is 0.496 e. The standard InChI is InChI=1S/C19H22BrClN2O2/c1-24-18-12-19(25-2)17(20)10-14(18)13-22-6-8-23(9-7-22)16-5-3-4-15(21)11-16/h3-5,10-12H,6-9,13H2,1-2H3/p+1. The molecule has 0 amide bonds. The molecule has 0 spiro atoms. The fourth-order valence-electron chi connectivity index (χ4n) is 3.26. The SMILES string of the molecule is COc1cc(OC)c(C[NH+]2CCN(c3cccc(Cl)c3)CC2)cc1Br. The predicted molar refractivity (Wildman–Crippen MR) is 105 cm³/mol. The van der Waals surface area contributed by atoms with Crippen molar-refractivity contribution in [3.05, 3.63) is 51.5 Å². The van der Waals surface area contributed by atoms with E-state index >= 15 is 0 Å². The number of benzene rings is 2. The van der Waals surface area contributed by atoms with E-state index in [0.29, 0.717) is 0 Å². The third kappa shape index (κ3) is 4.40. The third-order valence-electron chi connectivity index (χ3n) is 4.64. The van der Waals surface area contributed by atoms with Crippen molar-refractivity contribution < 1.29 is 14.4 Å². The highest BCUT2D eigenvalue weighted by atomic mass is 79.9. The van der Waals surface area contributed by atoms with Gasteiger partial charge in [0.25, 0.3) is 0 Å². The maximum Gasteiger partial charge on any atom is 0.136 e. The van der Waals surface area contributed by atoms with Gasteiger partial charge in [-0.05, 0) is 40.2 Å². The molecule has 134 valence electrons. The zero-order valence-corrected chi connectivity index (χ0v) is 16.9. The molecule has 0 unspecified atom stereocenters. The molecule has 1 fully saturated rings. The van der Waals surface area contributed by atoms with Crippen molar-refractivity contribution in [1.29, 1.82) is 0 Å². The summed E-state index contributed by atoms with van der Waals surface area (Å²) in [5.41, 5.74) is 2.40. The van der Waals surface area contributed by atoms with E-state index in [1.165, 1.54) is 11.3 Å². The van der Waals surface area contributed by atoms with Crippen LogP contribution < -0.4 is 19.3 Å². The molecule has 1 N–H and O–H groups in total. The highest BCUT2D eigenvalue weighted by Gasteiger charge is 2.22. The van der Waals surface area contributed by atoms with Crippen LogP contribution in [0.15, 0.2) is 40.9 Å². The Bertz CT molecular complexity index is 733. The molecule has 0 atom stereocenters. The van der Waals surface area contributed by atoms with Crippen molar-refractivity contribution >= 4 is 33.2 Å². The second-order valence-electron chi connectivity index (χ2n) is 6.19. The summed E-state index contributed by atoms with van der Waals surface area (Å²) in [6.45, 7) is 5.15. The number of methoxy groups -OCH3 is 2. The minimum atomic E-state index is 0.792. The molecule has 1 saturated heterocycles. The van der Waals surface area contributed by atoms with Crippen LogP contribution >= 0.6 is 27.5 Å². The van der Waals surface area contributed by atoms with Crippen molar-refractivity contribution in [3.8, 4) is 11.5 Å². The van der Waals surface area contributed by atoms with Gasteiger partial charge in [0.1, 0.15) is 18.0 Å². The van der Waals surface area contributed by atoms with Gasteiger partial charge in [-0.3, -0.25) is 0 Å². The van der Waals surface area contributed by atoms with Crippen LogP contribution in [0, 0.1) is 0 Å². The number of quaternary nitrogens is 1. The fourth-order valence-corrected chi connectivity index (χ4v) is 4.00. The van der Waals surface area contributed by atoms with E-state index in [4.69, 9.17) is 21.1 Å². The highest BCUT2D eigenvalue weighted by Crippen LogP contribution is 2.32. The van der Waals surface area contributed by atoms with Gasteiger partial charge in [-0.1, -0.05) is 17.7 Å². The van der Waals surface area contributed by atoms with Gasteiger partial charge in [0, 0.05) is 22.3 Å². The van der Waals surface area contributed by atoms with Crippen molar-refractivity contribution in [2.75, 3.05) is 45.3 Å². The summed E-state index contributed by atoms with van der Waals surface area (Å²) < 4.78 is 11.9. The first-order chi connectivity index (χ1) is 12.1. The van der Waals surface area contributed by atoms with E-state index in [0.717, 1.165) is 53.7 Å². The van der Waals surface area contributed by atoms with Crippen molar-refractivity contribution in [3.63, 3.8) is 0 Å². The topological polar surface area (TPSA) is 26.1 Å². The van der Waals surface area contributed by atoms with Gasteiger partial charge >= 0.3 is 0 Å². The van der Waals surface area contributed by atoms with Crippen LogP contribution in [0.3, 0.4) is 0 Å². The summed E-state index contributed by atoms with van der Waals surface area (Å²) in [5.74, 6) is 1.67. The van der Waals surface area contributed by atoms with Gasteiger partial charge in [0.2, 0.25) is 0 Å². The molecule has 1 aliphatic rings. The van der Waals surface area contributed by atoms with Crippen LogP contribution in [0.4, 0.5) is 5.69 Å². The van der Waals surface area contributed by atoms with Crippen molar-refractivity contribution in [1.82, 2.24) is 0 Å². The average molecular weight is 427 g/mol. The Morgan fingerprint density at radius 2 is 1.80 bits per heavy atom. The van der Waals surface area contributed by atoms with E-state index in [-0.39, 0.29) is 0 Å². The first-order valence-corrected chi connectivity index (χ1v) is 9.52. The molecular weight excluding hydrogens is 404 g/mol. The quantitative estimate of drug-likeness (QED) is 0.796. The van der Waals surface area contributed by atoms with E-state index < -0.39 is 0 Å². The summed E-state index contributed by atoms with van der Waals surface area (Å²) in [4.78, 5) is 3.95. The molecule has 0 aliphatic carbocycles. The van der Waals surface area contributed by atoms with E-state index in [1.807, 2.05) is 24.3 Å². The molecule has 6 heteroatoms. The number of ether oxygens (including phenoxy) is 2. The van der Waals surface area contributed by atoms with Gasteiger partial charge in [0.05, 0.1) is 44.9 Å². The van der Waals surface area contributed by atoms with Crippen molar-refractivity contribution in [2.24, 2.45) is 0 Å². The van der Waals surface area contributed by atoms with Crippen LogP contribution in [-0.2, 0) is 6.54 Å². The third-order valence-corrected chi connectivity index (χ3v) is 5.49. The minimum absolute atomic E-state index is 0.792. The van der Waals surface area contributed by atoms with Gasteiger partial charge in [-0.25, -0.2) is 0 Å². The Hall–Kier alpha value is -1.43. The molecule has 25 heavy (non-hydrogen) atoms. The van der Waals surface area contributed by atoms with Crippen LogP contribution in [0.1, 0.15) is 5.56 Å². The van der Waals surface area contributed by atoms with Crippen LogP contribution in [0.2, 0.25) is 5.02 Å². The first-order valence-electron chi connectivity index (χ1n) is 8.35. The lowest BCUT2D eigenvalue weighted by Crippen LogP contribution is -3.13. The number of nitrogens with one attached hydrogen (secondary N) is 1. The Kier molecular flexibility index (Phi) is 6.10. The minimum Gasteiger partial charge on any atom is -0.496 e. The number of rotatable bonds is 5. The normalized spacial score (nSPS) is 15.3. The molecular formula is C19H23BrClN2O2+. The van der Waals surface area contributed by atoms with Crippen molar-refractivity contribution in [2.45, 2.75) is 6.54 Å². The zero-order chi connectivity index (χ0) is 17.8. The predicted octanol–water partition coefficient (Wildman–Crippen LogP) is 3.02. The lowest BCUT2D eigenvalue weighted by molar-refractivity contribution is -0.914. The molecule has 0 radical (unpaired) electrons. The smallest absolute Gasteiger partial charge is 0.136 e. The molecule has 2 aromatic rings. The molecule has 0 bridgehead atoms. The molecule has 1 aliphatic heterocycles. The number of hydrogen-bond donors (Lipinski definition) is 1. The van der Waals surface area contributed by atoms with Gasteiger partial charge in [-0.2, -0.15) is 0 Å². The lowest BCUT2D eigenvalue weighted by atomic mass is 10.1. The second kappa shape index (κ2) is 8.30. The molecule has 0 aromatic heterocycles. The Balaban J connectivity index is 1.65. The van der Waals surface area contributed by atoms with Gasteiger partial charge < -0.3 is 19.3 Å². The first kappa shape index (κ1) is 18.4. The van der Waals surface area contributed by atoms with E-state index in [2.05, 4.69) is 33.0 Å². The zero-order valence-electron chi connectivity index (χ0n) is 14.5. The van der Waals surface area contributed by atoms with Crippen LogP contribution in [0.5, 0.6) is 11.5 Å². The molecule has 2 aromatic carbocycles. The number of piperazine rings is 1. The maximum absolute atomic E-state index is 6.11. The summed E-state index contributed by atoms with van der Waals surface area (Å²) in [5, 5.41) is 0.792. The highest BCUT2D eigenvalue weighted by molar-refractivity contribution is 9.10. The Morgan fingerprint density at radius 1 is 1.08 bits per heavy atom. The molecule has 1 heterocycles. The number of anilines is 1. The lowest BCUT2D eigenvalue weighted by Gasteiger charge is -2.34. The fraction of sp³-hybridized carbons (Fsp3) is 0.368. The van der Waals surface area contributed by atoms with Gasteiger partial charge in [0.15, 0.2) is 0 Å². The van der Waals surface area contributed by atoms with Gasteiger partial charge in [-0.15, -0.1) is 0 Å². The molecule has 3 rings (SSSR count). The summed E-state index contributed by atoms with van der Waals surface area (Å²) in [7, 11) is 3.37. The van der Waals surface area contributed by atoms with E-state index in [1.54, 1.807) is 19.1 Å². The Labute approximate surface area is 162 Å². The number of halogens is 2. The maximum atomic E-state index is 6.11. The summed E-state index contributed by atoms with van der Waals surface area (Å²) in [6, 6.07) is 12.1. The van der Waals surface area contributed by atoms with Crippen LogP contribution in [0.25, 0.3) is 0 Å². The Morgan fingerprint density at radius 3 is 2.44 bits per heavy atom. The summed E-state index contributed by atoms with van der Waals surface area (Å²) in [6.07, 6.45) is 0. The molecule has 0 saturated carbocycles. The summed E-state index contributed by atoms with van der Waals surface area (Å²) >= 11 is 9.68.